The predicted molar refractivity (Wildman–Crippen MR) is 92.8 cm³/mol. The summed E-state index contributed by atoms with van der Waals surface area (Å²) in [5, 5.41) is 13.7. The molecule has 110 valence electrons. The van der Waals surface area contributed by atoms with Gasteiger partial charge in [0, 0.05) is 17.3 Å². The Bertz CT molecular complexity index is 837. The fourth-order valence-electron chi connectivity index (χ4n) is 2.37. The Morgan fingerprint density at radius 1 is 1.14 bits per heavy atom. The van der Waals surface area contributed by atoms with Gasteiger partial charge in [0.25, 0.3) is 0 Å². The van der Waals surface area contributed by atoms with Crippen molar-refractivity contribution in [1.29, 1.82) is 5.26 Å². The van der Waals surface area contributed by atoms with E-state index in [2.05, 4.69) is 35.4 Å². The third kappa shape index (κ3) is 3.03. The summed E-state index contributed by atoms with van der Waals surface area (Å²) in [6, 6.07) is 18.3. The minimum atomic E-state index is 0. The number of hydrogen-bond donors (Lipinski definition) is 1. The second-order valence-electron chi connectivity index (χ2n) is 4.85. The van der Waals surface area contributed by atoms with Gasteiger partial charge < -0.3 is 5.32 Å². The van der Waals surface area contributed by atoms with Crippen molar-refractivity contribution in [2.45, 2.75) is 13.3 Å². The summed E-state index contributed by atoms with van der Waals surface area (Å²) in [7, 11) is 0. The third-order valence-electron chi connectivity index (χ3n) is 3.50. The van der Waals surface area contributed by atoms with Gasteiger partial charge in [-0.1, -0.05) is 37.3 Å². The first kappa shape index (κ1) is 15.8. The second kappa shape index (κ2) is 6.93. The quantitative estimate of drug-likeness (QED) is 0.753. The van der Waals surface area contributed by atoms with Gasteiger partial charge in [0.05, 0.1) is 16.8 Å². The predicted octanol–water partition coefficient (Wildman–Crippen LogP) is 4.83. The van der Waals surface area contributed by atoms with Crippen LogP contribution in [0.4, 0.5) is 11.4 Å². The zero-order valence-corrected chi connectivity index (χ0v) is 13.0. The van der Waals surface area contributed by atoms with Crippen molar-refractivity contribution in [3.05, 3.63) is 65.9 Å². The maximum atomic E-state index is 9.33. The lowest BCUT2D eigenvalue weighted by Gasteiger charge is -2.12. The molecule has 0 spiro atoms. The van der Waals surface area contributed by atoms with Gasteiger partial charge in [0.15, 0.2) is 0 Å². The number of aryl methyl sites for hydroxylation is 1. The third-order valence-corrected chi connectivity index (χ3v) is 3.50. The molecule has 0 aliphatic rings. The maximum Gasteiger partial charge on any atom is 0.103 e. The van der Waals surface area contributed by atoms with Crippen LogP contribution in [0.25, 0.3) is 10.9 Å². The molecule has 0 saturated carbocycles. The lowest BCUT2D eigenvalue weighted by Crippen LogP contribution is -1.97. The molecule has 2 aromatic carbocycles. The van der Waals surface area contributed by atoms with Crippen LogP contribution >= 0.6 is 12.4 Å². The standard InChI is InChI=1S/C18H15N3.ClH/c1-2-13-6-5-7-15(10-13)21-18-14(11-19)12-20-17-9-4-3-8-16(17)18;/h3-10,12H,2H2,1H3,(H,20,21);1H. The number of hydrogen-bond acceptors (Lipinski definition) is 3. The zero-order valence-electron chi connectivity index (χ0n) is 12.2. The van der Waals surface area contributed by atoms with Gasteiger partial charge in [-0.2, -0.15) is 5.26 Å². The van der Waals surface area contributed by atoms with Gasteiger partial charge in [-0.05, 0) is 30.2 Å². The van der Waals surface area contributed by atoms with Crippen LogP contribution in [0.5, 0.6) is 0 Å². The molecule has 0 radical (unpaired) electrons. The minimum Gasteiger partial charge on any atom is -0.354 e. The van der Waals surface area contributed by atoms with E-state index in [1.54, 1.807) is 6.20 Å². The summed E-state index contributed by atoms with van der Waals surface area (Å²) in [6.07, 6.45) is 2.60. The lowest BCUT2D eigenvalue weighted by molar-refractivity contribution is 1.14. The number of para-hydroxylation sites is 1. The molecule has 22 heavy (non-hydrogen) atoms. The number of nitriles is 1. The van der Waals surface area contributed by atoms with Crippen molar-refractivity contribution in [2.75, 3.05) is 5.32 Å². The molecular weight excluding hydrogens is 294 g/mol. The summed E-state index contributed by atoms with van der Waals surface area (Å²) in [4.78, 5) is 4.33. The molecule has 0 unspecified atom stereocenters. The highest BCUT2D eigenvalue weighted by molar-refractivity contribution is 5.95. The van der Waals surface area contributed by atoms with Crippen molar-refractivity contribution in [3.8, 4) is 6.07 Å². The van der Waals surface area contributed by atoms with Gasteiger partial charge in [-0.3, -0.25) is 4.98 Å². The highest BCUT2D eigenvalue weighted by Crippen LogP contribution is 2.28. The summed E-state index contributed by atoms with van der Waals surface area (Å²) in [6.45, 7) is 2.13. The topological polar surface area (TPSA) is 48.7 Å². The Balaban J connectivity index is 0.00000176. The van der Waals surface area contributed by atoms with Gasteiger partial charge in [0.2, 0.25) is 0 Å². The van der Waals surface area contributed by atoms with Crippen molar-refractivity contribution < 1.29 is 0 Å². The average Bonchev–Trinajstić information content (AvgIpc) is 2.55. The molecule has 4 heteroatoms. The number of halogens is 1. The van der Waals surface area contributed by atoms with E-state index in [0.717, 1.165) is 28.7 Å². The molecule has 0 aliphatic carbocycles. The first-order valence-electron chi connectivity index (χ1n) is 6.95. The van der Waals surface area contributed by atoms with E-state index in [0.29, 0.717) is 5.56 Å². The van der Waals surface area contributed by atoms with Crippen molar-refractivity contribution >= 4 is 34.7 Å². The summed E-state index contributed by atoms with van der Waals surface area (Å²) in [5.74, 6) is 0. The number of aromatic nitrogens is 1. The van der Waals surface area contributed by atoms with Gasteiger partial charge in [-0.25, -0.2) is 0 Å². The molecule has 1 aromatic heterocycles. The number of pyridine rings is 1. The van der Waals surface area contributed by atoms with E-state index in [4.69, 9.17) is 0 Å². The molecule has 0 fully saturated rings. The Kier molecular flexibility index (Phi) is 4.98. The molecule has 1 N–H and O–H groups in total. The Morgan fingerprint density at radius 2 is 1.95 bits per heavy atom. The second-order valence-corrected chi connectivity index (χ2v) is 4.85. The highest BCUT2D eigenvalue weighted by atomic mass is 35.5. The van der Waals surface area contributed by atoms with Crippen LogP contribution in [0.3, 0.4) is 0 Å². The average molecular weight is 310 g/mol. The summed E-state index contributed by atoms with van der Waals surface area (Å²) in [5.41, 5.74) is 4.50. The Morgan fingerprint density at radius 3 is 2.73 bits per heavy atom. The largest absolute Gasteiger partial charge is 0.354 e. The number of anilines is 2. The van der Waals surface area contributed by atoms with Crippen LogP contribution in [0.2, 0.25) is 0 Å². The van der Waals surface area contributed by atoms with Crippen molar-refractivity contribution in [1.82, 2.24) is 4.98 Å². The molecule has 0 amide bonds. The smallest absolute Gasteiger partial charge is 0.103 e. The fourth-order valence-corrected chi connectivity index (χ4v) is 2.37. The number of fused-ring (bicyclic) bond motifs is 1. The minimum absolute atomic E-state index is 0. The van der Waals surface area contributed by atoms with E-state index in [-0.39, 0.29) is 12.4 Å². The van der Waals surface area contributed by atoms with Crippen LogP contribution < -0.4 is 5.32 Å². The van der Waals surface area contributed by atoms with Crippen molar-refractivity contribution in [3.63, 3.8) is 0 Å². The molecule has 0 aliphatic heterocycles. The number of benzene rings is 2. The monoisotopic (exact) mass is 309 g/mol. The van der Waals surface area contributed by atoms with Crippen molar-refractivity contribution in [2.24, 2.45) is 0 Å². The molecule has 1 heterocycles. The first-order chi connectivity index (χ1) is 10.3. The number of nitrogens with one attached hydrogen (secondary N) is 1. The van der Waals surface area contributed by atoms with Gasteiger partial charge >= 0.3 is 0 Å². The summed E-state index contributed by atoms with van der Waals surface area (Å²) >= 11 is 0. The highest BCUT2D eigenvalue weighted by Gasteiger charge is 2.08. The Labute approximate surface area is 136 Å². The lowest BCUT2D eigenvalue weighted by atomic mass is 10.1. The van der Waals surface area contributed by atoms with Crippen LogP contribution in [0.1, 0.15) is 18.1 Å². The van der Waals surface area contributed by atoms with Crippen LogP contribution in [0, 0.1) is 11.3 Å². The maximum absolute atomic E-state index is 9.33. The molecule has 3 aromatic rings. The molecular formula is C18H16ClN3. The van der Waals surface area contributed by atoms with E-state index in [1.807, 2.05) is 36.4 Å². The van der Waals surface area contributed by atoms with E-state index < -0.39 is 0 Å². The number of rotatable bonds is 3. The molecule has 0 bridgehead atoms. The Hall–Kier alpha value is -2.57. The molecule has 3 nitrogen and oxygen atoms in total. The van der Waals surface area contributed by atoms with E-state index in [9.17, 15) is 5.26 Å². The van der Waals surface area contributed by atoms with Crippen LogP contribution in [-0.4, -0.2) is 4.98 Å². The molecule has 0 atom stereocenters. The van der Waals surface area contributed by atoms with Crippen LogP contribution in [-0.2, 0) is 6.42 Å². The van der Waals surface area contributed by atoms with Gasteiger partial charge in [0.1, 0.15) is 6.07 Å². The van der Waals surface area contributed by atoms with E-state index >= 15 is 0 Å². The molecule has 3 rings (SSSR count). The van der Waals surface area contributed by atoms with E-state index in [1.165, 1.54) is 5.56 Å². The first-order valence-corrected chi connectivity index (χ1v) is 6.95. The number of nitrogens with zero attached hydrogens (tertiary/aromatic N) is 2. The zero-order chi connectivity index (χ0) is 14.7. The van der Waals surface area contributed by atoms with Gasteiger partial charge in [-0.15, -0.1) is 12.4 Å². The molecule has 0 saturated heterocycles. The SMILES string of the molecule is CCc1cccc(Nc2c(C#N)cnc3ccccc23)c1.Cl. The normalized spacial score (nSPS) is 9.82. The summed E-state index contributed by atoms with van der Waals surface area (Å²) < 4.78 is 0. The van der Waals surface area contributed by atoms with Crippen LogP contribution in [0.15, 0.2) is 54.7 Å². The fraction of sp³-hybridized carbons (Fsp3) is 0.111.